The number of rotatable bonds is 6. The average molecular weight is 238 g/mol. The topological polar surface area (TPSA) is 121 Å². The van der Waals surface area contributed by atoms with E-state index < -0.39 is 11.0 Å². The van der Waals surface area contributed by atoms with E-state index in [0.29, 0.717) is 0 Å². The van der Waals surface area contributed by atoms with Gasteiger partial charge in [0.25, 0.3) is 0 Å². The molecule has 0 saturated carbocycles. The van der Waals surface area contributed by atoms with E-state index in [1.807, 2.05) is 0 Å². The third-order valence-corrected chi connectivity index (χ3v) is 1.85. The maximum atomic E-state index is 10.6. The molecule has 90 valence electrons. The van der Waals surface area contributed by atoms with Crippen LogP contribution >= 0.6 is 0 Å². The highest BCUT2D eigenvalue weighted by atomic mass is 16.6. The number of para-hydroxylation sites is 2. The number of aliphatic hydroxyl groups excluding tert-OH is 1. The Morgan fingerprint density at radius 1 is 1.59 bits per heavy atom. The molecule has 8 nitrogen and oxygen atoms in total. The van der Waals surface area contributed by atoms with Crippen LogP contribution in [0.5, 0.6) is 5.75 Å². The molecule has 0 amide bonds. The van der Waals surface area contributed by atoms with Crippen LogP contribution in [0.2, 0.25) is 0 Å². The van der Waals surface area contributed by atoms with Crippen molar-refractivity contribution in [3.05, 3.63) is 44.8 Å². The molecule has 0 aliphatic carbocycles. The van der Waals surface area contributed by atoms with Gasteiger partial charge in [0.15, 0.2) is 5.75 Å². The Kier molecular flexibility index (Phi) is 4.74. The van der Waals surface area contributed by atoms with Crippen molar-refractivity contribution < 1.29 is 14.8 Å². The van der Waals surface area contributed by atoms with Crippen LogP contribution in [0.25, 0.3) is 10.4 Å². The molecule has 0 heterocycles. The summed E-state index contributed by atoms with van der Waals surface area (Å²) in [4.78, 5) is 12.5. The number of hydrogen-bond acceptors (Lipinski definition) is 5. The minimum atomic E-state index is -0.995. The Morgan fingerprint density at radius 2 is 2.29 bits per heavy atom. The second-order valence-electron chi connectivity index (χ2n) is 3.10. The summed E-state index contributed by atoms with van der Waals surface area (Å²) in [5.74, 6) is 0.0671. The zero-order valence-corrected chi connectivity index (χ0v) is 8.76. The van der Waals surface area contributed by atoms with E-state index in [9.17, 15) is 15.2 Å². The number of benzene rings is 1. The van der Waals surface area contributed by atoms with Crippen molar-refractivity contribution in [1.29, 1.82) is 0 Å². The number of azide groups is 1. The van der Waals surface area contributed by atoms with Crippen LogP contribution in [-0.2, 0) is 0 Å². The Morgan fingerprint density at radius 3 is 2.94 bits per heavy atom. The monoisotopic (exact) mass is 238 g/mol. The molecule has 0 radical (unpaired) electrons. The van der Waals surface area contributed by atoms with Gasteiger partial charge in [-0.2, -0.15) is 0 Å². The number of nitro groups is 1. The van der Waals surface area contributed by atoms with Crippen molar-refractivity contribution in [3.63, 3.8) is 0 Å². The maximum absolute atomic E-state index is 10.6. The summed E-state index contributed by atoms with van der Waals surface area (Å²) in [5.41, 5.74) is 7.86. The third-order valence-electron chi connectivity index (χ3n) is 1.85. The lowest BCUT2D eigenvalue weighted by atomic mass is 10.3. The van der Waals surface area contributed by atoms with Gasteiger partial charge in [0.05, 0.1) is 17.6 Å². The van der Waals surface area contributed by atoms with Gasteiger partial charge < -0.3 is 9.84 Å². The van der Waals surface area contributed by atoms with Gasteiger partial charge in [0, 0.05) is 11.0 Å². The molecule has 0 aromatic heterocycles. The zero-order chi connectivity index (χ0) is 12.7. The van der Waals surface area contributed by atoms with E-state index in [4.69, 9.17) is 10.3 Å². The molecule has 0 fully saturated rings. The Hall–Kier alpha value is -2.31. The molecule has 0 spiro atoms. The molecule has 17 heavy (non-hydrogen) atoms. The van der Waals surface area contributed by atoms with E-state index in [1.54, 1.807) is 6.07 Å². The van der Waals surface area contributed by atoms with Crippen LogP contribution in [0.3, 0.4) is 0 Å². The first-order chi connectivity index (χ1) is 8.15. The molecule has 1 aromatic rings. The second kappa shape index (κ2) is 6.31. The van der Waals surface area contributed by atoms with Crippen LogP contribution in [0.15, 0.2) is 29.4 Å². The first kappa shape index (κ1) is 12.8. The third kappa shape index (κ3) is 3.98. The van der Waals surface area contributed by atoms with Gasteiger partial charge in [-0.25, -0.2) is 0 Å². The lowest BCUT2D eigenvalue weighted by molar-refractivity contribution is -0.385. The van der Waals surface area contributed by atoms with Gasteiger partial charge in [-0.15, -0.1) is 0 Å². The minimum absolute atomic E-state index is 0.0671. The lowest BCUT2D eigenvalue weighted by Crippen LogP contribution is -2.20. The van der Waals surface area contributed by atoms with Gasteiger partial charge >= 0.3 is 5.69 Å². The number of aliphatic hydroxyl groups is 1. The number of nitrogens with zero attached hydrogens (tertiary/aromatic N) is 4. The van der Waals surface area contributed by atoms with E-state index in [-0.39, 0.29) is 24.6 Å². The quantitative estimate of drug-likeness (QED) is 0.266. The van der Waals surface area contributed by atoms with Crippen LogP contribution in [0.1, 0.15) is 0 Å². The van der Waals surface area contributed by atoms with Crippen LogP contribution in [0, 0.1) is 10.1 Å². The summed E-state index contributed by atoms with van der Waals surface area (Å²) in [6.07, 6.45) is -0.995. The van der Waals surface area contributed by atoms with Gasteiger partial charge in [-0.05, 0) is 11.6 Å². The largest absolute Gasteiger partial charge is 0.484 e. The molecule has 0 saturated heterocycles. The predicted molar refractivity (Wildman–Crippen MR) is 58.6 cm³/mol. The first-order valence-corrected chi connectivity index (χ1v) is 4.70. The van der Waals surface area contributed by atoms with Crippen molar-refractivity contribution >= 4 is 5.69 Å². The molecule has 1 aromatic carbocycles. The molecule has 0 aliphatic rings. The van der Waals surface area contributed by atoms with Crippen LogP contribution in [-0.4, -0.2) is 29.3 Å². The van der Waals surface area contributed by atoms with Gasteiger partial charge in [-0.3, -0.25) is 10.1 Å². The molecule has 1 atom stereocenters. The van der Waals surface area contributed by atoms with Crippen LogP contribution < -0.4 is 4.74 Å². The highest BCUT2D eigenvalue weighted by Crippen LogP contribution is 2.25. The fraction of sp³-hybridized carbons (Fsp3) is 0.333. The molecular formula is C9H10N4O4. The maximum Gasteiger partial charge on any atom is 0.310 e. The lowest BCUT2D eigenvalue weighted by Gasteiger charge is -2.09. The van der Waals surface area contributed by atoms with Gasteiger partial charge in [-0.1, -0.05) is 17.2 Å². The molecule has 1 N–H and O–H groups in total. The Bertz CT molecular complexity index is 444. The Balaban J connectivity index is 2.62. The average Bonchev–Trinajstić information content (AvgIpc) is 2.34. The molecule has 8 heteroatoms. The highest BCUT2D eigenvalue weighted by Gasteiger charge is 2.14. The zero-order valence-electron chi connectivity index (χ0n) is 8.76. The van der Waals surface area contributed by atoms with Crippen molar-refractivity contribution in [2.45, 2.75) is 6.10 Å². The van der Waals surface area contributed by atoms with E-state index in [0.717, 1.165) is 0 Å². The van der Waals surface area contributed by atoms with Crippen molar-refractivity contribution in [2.75, 3.05) is 13.2 Å². The second-order valence-corrected chi connectivity index (χ2v) is 3.10. The van der Waals surface area contributed by atoms with Gasteiger partial charge in [0.2, 0.25) is 0 Å². The fourth-order valence-electron chi connectivity index (χ4n) is 1.10. The summed E-state index contributed by atoms with van der Waals surface area (Å²) in [6, 6.07) is 5.83. The van der Waals surface area contributed by atoms with Gasteiger partial charge in [0.1, 0.15) is 6.61 Å². The van der Waals surface area contributed by atoms with Crippen molar-refractivity contribution in [3.8, 4) is 5.75 Å². The van der Waals surface area contributed by atoms with E-state index in [2.05, 4.69) is 10.0 Å². The minimum Gasteiger partial charge on any atom is -0.484 e. The number of hydrogen-bond donors (Lipinski definition) is 1. The molecular weight excluding hydrogens is 228 g/mol. The fourth-order valence-corrected chi connectivity index (χ4v) is 1.10. The van der Waals surface area contributed by atoms with Crippen molar-refractivity contribution in [1.82, 2.24) is 0 Å². The molecule has 0 bridgehead atoms. The number of ether oxygens (including phenoxy) is 1. The standard InChI is InChI=1S/C9H10N4O4/c10-12-11-5-7(14)6-17-9-4-2-1-3-8(9)13(15)16/h1-4,7,14H,5-6H2/t7-/m0/s1. The van der Waals surface area contributed by atoms with Crippen LogP contribution in [0.4, 0.5) is 5.69 Å². The summed E-state index contributed by atoms with van der Waals surface area (Å²) in [7, 11) is 0. The smallest absolute Gasteiger partial charge is 0.310 e. The first-order valence-electron chi connectivity index (χ1n) is 4.70. The summed E-state index contributed by atoms with van der Waals surface area (Å²) >= 11 is 0. The summed E-state index contributed by atoms with van der Waals surface area (Å²) < 4.78 is 5.08. The molecule has 0 unspecified atom stereocenters. The normalized spacial score (nSPS) is 11.4. The highest BCUT2D eigenvalue weighted by molar-refractivity contribution is 5.45. The summed E-state index contributed by atoms with van der Waals surface area (Å²) in [5, 5.41) is 23.1. The molecule has 0 aliphatic heterocycles. The van der Waals surface area contributed by atoms with E-state index >= 15 is 0 Å². The van der Waals surface area contributed by atoms with E-state index in [1.165, 1.54) is 18.2 Å². The SMILES string of the molecule is [N-]=[N+]=NC[C@H](O)COc1ccccc1[N+](=O)[O-]. The molecule has 1 rings (SSSR count). The summed E-state index contributed by atoms with van der Waals surface area (Å²) in [6.45, 7) is -0.318. The van der Waals surface area contributed by atoms with Crippen molar-refractivity contribution in [2.24, 2.45) is 5.11 Å². The number of nitro benzene ring substituents is 1. The Labute approximate surface area is 96.2 Å². The predicted octanol–water partition coefficient (Wildman–Crippen LogP) is 1.64.